The number of nitriles is 1. The van der Waals surface area contributed by atoms with Crippen molar-refractivity contribution in [2.45, 2.75) is 18.2 Å². The van der Waals surface area contributed by atoms with Crippen LogP contribution in [0.5, 0.6) is 5.88 Å². The smallest absolute Gasteiger partial charge is 0.477 e. The van der Waals surface area contributed by atoms with Gasteiger partial charge in [0.15, 0.2) is 0 Å². The molecule has 0 bridgehead atoms. The summed E-state index contributed by atoms with van der Waals surface area (Å²) in [6.45, 7) is 2.32. The van der Waals surface area contributed by atoms with Crippen molar-refractivity contribution >= 4 is 11.9 Å². The summed E-state index contributed by atoms with van der Waals surface area (Å²) in [5.74, 6) is -1.98. The van der Waals surface area contributed by atoms with Gasteiger partial charge in [0.1, 0.15) is 5.60 Å². The number of benzene rings is 1. The number of pyridine rings is 1. The van der Waals surface area contributed by atoms with E-state index in [0.29, 0.717) is 43.3 Å². The summed E-state index contributed by atoms with van der Waals surface area (Å²) in [7, 11) is 0. The van der Waals surface area contributed by atoms with E-state index in [1.54, 1.807) is 35.4 Å². The number of alkyl halides is 3. The average molecular weight is 463 g/mol. The SMILES string of the molecule is N#Cc1cccc(C(=O)N2CC3(C2)OCCC3COc2ccccn2)c1.O=C(O)C(F)(F)F. The number of nitrogens with zero attached hydrogens (tertiary/aromatic N) is 3. The quantitative estimate of drug-likeness (QED) is 0.742. The highest BCUT2D eigenvalue weighted by Gasteiger charge is 2.54. The van der Waals surface area contributed by atoms with Crippen molar-refractivity contribution in [3.05, 3.63) is 59.8 Å². The first-order valence-electron chi connectivity index (χ1n) is 9.92. The van der Waals surface area contributed by atoms with Gasteiger partial charge < -0.3 is 19.5 Å². The second kappa shape index (κ2) is 9.87. The number of likely N-dealkylation sites (tertiary alicyclic amines) is 1. The van der Waals surface area contributed by atoms with Gasteiger partial charge in [-0.2, -0.15) is 18.4 Å². The van der Waals surface area contributed by atoms with E-state index in [2.05, 4.69) is 11.1 Å². The van der Waals surface area contributed by atoms with E-state index in [9.17, 15) is 18.0 Å². The van der Waals surface area contributed by atoms with Crippen LogP contribution in [0.2, 0.25) is 0 Å². The second-order valence-corrected chi connectivity index (χ2v) is 7.53. The Labute approximate surface area is 187 Å². The number of aliphatic carboxylic acids is 1. The van der Waals surface area contributed by atoms with Crippen LogP contribution in [0, 0.1) is 17.2 Å². The fraction of sp³-hybridized carbons (Fsp3) is 0.364. The number of halogens is 3. The van der Waals surface area contributed by atoms with Gasteiger partial charge in [-0.15, -0.1) is 0 Å². The number of amides is 1. The van der Waals surface area contributed by atoms with Crippen molar-refractivity contribution in [2.75, 3.05) is 26.3 Å². The number of carboxylic acid groups (broad SMARTS) is 1. The lowest BCUT2D eigenvalue weighted by Crippen LogP contribution is -2.66. The van der Waals surface area contributed by atoms with Crippen LogP contribution in [0.1, 0.15) is 22.3 Å². The summed E-state index contributed by atoms with van der Waals surface area (Å²) in [5.41, 5.74) is 0.708. The molecule has 2 aliphatic rings. The van der Waals surface area contributed by atoms with Crippen LogP contribution in [0.25, 0.3) is 0 Å². The number of carbonyl (C=O) groups is 2. The van der Waals surface area contributed by atoms with E-state index in [0.717, 1.165) is 6.42 Å². The molecule has 1 atom stereocenters. The summed E-state index contributed by atoms with van der Waals surface area (Å²) in [6.07, 6.45) is -2.46. The molecule has 11 heteroatoms. The summed E-state index contributed by atoms with van der Waals surface area (Å²) in [5, 5.41) is 16.1. The summed E-state index contributed by atoms with van der Waals surface area (Å²) in [6, 6.07) is 14.4. The maximum atomic E-state index is 12.6. The molecule has 3 heterocycles. The van der Waals surface area contributed by atoms with Crippen LogP contribution >= 0.6 is 0 Å². The van der Waals surface area contributed by atoms with Gasteiger partial charge >= 0.3 is 12.1 Å². The number of carbonyl (C=O) groups excluding carboxylic acids is 1. The molecule has 1 amide bonds. The third kappa shape index (κ3) is 5.78. The molecule has 0 aliphatic carbocycles. The van der Waals surface area contributed by atoms with Gasteiger partial charge in [0, 0.05) is 30.4 Å². The molecule has 1 aromatic heterocycles. The summed E-state index contributed by atoms with van der Waals surface area (Å²) >= 11 is 0. The molecule has 1 unspecified atom stereocenters. The summed E-state index contributed by atoms with van der Waals surface area (Å²) < 4.78 is 43.5. The number of carboxylic acids is 1. The minimum Gasteiger partial charge on any atom is -0.477 e. The molecule has 1 N–H and O–H groups in total. The van der Waals surface area contributed by atoms with E-state index in [1.165, 1.54) is 0 Å². The van der Waals surface area contributed by atoms with Crippen molar-refractivity contribution in [2.24, 2.45) is 5.92 Å². The molecular weight excluding hydrogens is 443 g/mol. The fourth-order valence-electron chi connectivity index (χ4n) is 3.64. The molecule has 0 radical (unpaired) electrons. The van der Waals surface area contributed by atoms with Crippen LogP contribution in [-0.2, 0) is 9.53 Å². The Hall–Kier alpha value is -3.65. The lowest BCUT2D eigenvalue weighted by atomic mass is 9.81. The summed E-state index contributed by atoms with van der Waals surface area (Å²) in [4.78, 5) is 27.5. The molecule has 174 valence electrons. The molecule has 33 heavy (non-hydrogen) atoms. The second-order valence-electron chi connectivity index (χ2n) is 7.53. The predicted molar refractivity (Wildman–Crippen MR) is 107 cm³/mol. The first kappa shape index (κ1) is 24.0. The zero-order chi connectivity index (χ0) is 24.1. The molecule has 1 spiro atoms. The Bertz CT molecular complexity index is 1030. The highest BCUT2D eigenvalue weighted by atomic mass is 19.4. The Morgan fingerprint density at radius 2 is 2.00 bits per heavy atom. The van der Waals surface area contributed by atoms with Gasteiger partial charge in [0.2, 0.25) is 5.88 Å². The Morgan fingerprint density at radius 3 is 2.61 bits per heavy atom. The molecule has 4 rings (SSSR count). The van der Waals surface area contributed by atoms with Gasteiger partial charge in [-0.3, -0.25) is 4.79 Å². The van der Waals surface area contributed by atoms with Crippen LogP contribution in [0.15, 0.2) is 48.7 Å². The van der Waals surface area contributed by atoms with Gasteiger partial charge in [0.25, 0.3) is 5.91 Å². The van der Waals surface area contributed by atoms with Crippen LogP contribution < -0.4 is 4.74 Å². The molecule has 2 aromatic rings. The van der Waals surface area contributed by atoms with Crippen molar-refractivity contribution in [3.63, 3.8) is 0 Å². The Morgan fingerprint density at radius 1 is 1.27 bits per heavy atom. The fourth-order valence-corrected chi connectivity index (χ4v) is 3.64. The highest BCUT2D eigenvalue weighted by Crippen LogP contribution is 2.40. The molecule has 2 fully saturated rings. The van der Waals surface area contributed by atoms with E-state index in [-0.39, 0.29) is 17.4 Å². The van der Waals surface area contributed by atoms with Crippen molar-refractivity contribution in [3.8, 4) is 11.9 Å². The van der Waals surface area contributed by atoms with Crippen molar-refractivity contribution < 1.29 is 37.3 Å². The van der Waals surface area contributed by atoms with Crippen molar-refractivity contribution in [1.29, 1.82) is 5.26 Å². The largest absolute Gasteiger partial charge is 0.490 e. The number of ether oxygens (including phenoxy) is 2. The van der Waals surface area contributed by atoms with Gasteiger partial charge in [-0.1, -0.05) is 12.1 Å². The molecule has 2 aliphatic heterocycles. The third-order valence-electron chi connectivity index (χ3n) is 5.36. The van der Waals surface area contributed by atoms with E-state index in [1.807, 2.05) is 18.2 Å². The Balaban J connectivity index is 0.000000383. The normalized spacial score (nSPS) is 18.5. The van der Waals surface area contributed by atoms with Gasteiger partial charge in [0.05, 0.1) is 31.3 Å². The molecule has 1 aromatic carbocycles. The maximum Gasteiger partial charge on any atom is 0.490 e. The first-order chi connectivity index (χ1) is 15.6. The number of aromatic nitrogens is 1. The first-order valence-corrected chi connectivity index (χ1v) is 9.92. The van der Waals surface area contributed by atoms with Crippen LogP contribution in [0.4, 0.5) is 13.2 Å². The number of rotatable bonds is 4. The van der Waals surface area contributed by atoms with Crippen LogP contribution in [0.3, 0.4) is 0 Å². The standard InChI is InChI=1S/C20H19N3O3.C2HF3O2/c21-11-15-4-3-5-16(10-15)19(24)23-13-20(14-23)17(7-9-26-20)12-25-18-6-1-2-8-22-18;3-2(4,5)1(6)7/h1-6,8,10,17H,7,9,12-14H2;(H,6,7). The number of hydrogen-bond acceptors (Lipinski definition) is 6. The molecule has 2 saturated heterocycles. The molecule has 8 nitrogen and oxygen atoms in total. The van der Waals surface area contributed by atoms with Gasteiger partial charge in [-0.05, 0) is 30.7 Å². The van der Waals surface area contributed by atoms with Gasteiger partial charge in [-0.25, -0.2) is 9.78 Å². The molecule has 0 saturated carbocycles. The topological polar surface area (TPSA) is 113 Å². The predicted octanol–water partition coefficient (Wildman–Crippen LogP) is 2.90. The zero-order valence-electron chi connectivity index (χ0n) is 17.3. The maximum absolute atomic E-state index is 12.6. The molecular formula is C22H20F3N3O5. The minimum atomic E-state index is -5.08. The lowest BCUT2D eigenvalue weighted by molar-refractivity contribution is -0.192. The Kier molecular flexibility index (Phi) is 7.18. The van der Waals surface area contributed by atoms with E-state index in [4.69, 9.17) is 24.6 Å². The highest BCUT2D eigenvalue weighted by molar-refractivity contribution is 5.95. The van der Waals surface area contributed by atoms with Crippen LogP contribution in [-0.4, -0.2) is 64.9 Å². The zero-order valence-corrected chi connectivity index (χ0v) is 17.3. The third-order valence-corrected chi connectivity index (χ3v) is 5.36. The minimum absolute atomic E-state index is 0.0624. The number of hydrogen-bond donors (Lipinski definition) is 1. The van der Waals surface area contributed by atoms with E-state index < -0.39 is 12.1 Å². The monoisotopic (exact) mass is 463 g/mol. The van der Waals surface area contributed by atoms with E-state index >= 15 is 0 Å². The average Bonchev–Trinajstić information content (AvgIpc) is 3.21. The van der Waals surface area contributed by atoms with Crippen molar-refractivity contribution in [1.82, 2.24) is 9.88 Å². The lowest BCUT2D eigenvalue weighted by Gasteiger charge is -2.50.